The summed E-state index contributed by atoms with van der Waals surface area (Å²) in [6, 6.07) is 15.2. The zero-order valence-electron chi connectivity index (χ0n) is 35.0. The molecule has 1 saturated heterocycles. The predicted octanol–water partition coefficient (Wildman–Crippen LogP) is 7.17. The molecule has 4 aromatic rings. The number of Topliss-reactive ketones (excluding diaryl/α,β-unsaturated/α-hetero) is 1. The Hall–Kier alpha value is -7.71. The number of rotatable bonds is 17. The molecule has 2 heterocycles. The Morgan fingerprint density at radius 3 is 1.62 bits per heavy atom. The van der Waals surface area contributed by atoms with E-state index in [1.54, 1.807) is 7.05 Å². The molecular formula is C44H38ClN5O15. The molecule has 21 heteroatoms. The van der Waals surface area contributed by atoms with Gasteiger partial charge in [0.15, 0.2) is 17.3 Å². The van der Waals surface area contributed by atoms with Gasteiger partial charge in [-0.25, -0.2) is 19.2 Å². The van der Waals surface area contributed by atoms with Crippen molar-refractivity contribution in [1.82, 2.24) is 9.80 Å². The molecule has 0 saturated carbocycles. The van der Waals surface area contributed by atoms with E-state index in [1.165, 1.54) is 4.90 Å². The maximum atomic E-state index is 13.7. The summed E-state index contributed by atoms with van der Waals surface area (Å²) in [4.78, 5) is 114. The van der Waals surface area contributed by atoms with E-state index in [4.69, 9.17) is 25.8 Å². The average Bonchev–Trinajstić information content (AvgIpc) is 3.50. The molecule has 0 aliphatic carbocycles. The van der Waals surface area contributed by atoms with Crippen molar-refractivity contribution in [3.05, 3.63) is 154 Å². The molecule has 0 N–H and O–H groups in total. The van der Waals surface area contributed by atoms with Gasteiger partial charge >= 0.3 is 23.9 Å². The van der Waals surface area contributed by atoms with E-state index in [1.807, 2.05) is 25.7 Å². The summed E-state index contributed by atoms with van der Waals surface area (Å²) in [6.07, 6.45) is 0.110. The molecule has 1 amide bonds. The molecule has 0 aromatic heterocycles. The largest absolute Gasteiger partial charge is 0.419 e. The number of nitro benzene ring substituents is 3. The molecule has 20 nitrogen and oxygen atoms in total. The minimum absolute atomic E-state index is 0.0531. The summed E-state index contributed by atoms with van der Waals surface area (Å²) in [5, 5.41) is 33.1. The molecule has 1 fully saturated rings. The van der Waals surface area contributed by atoms with Crippen molar-refractivity contribution >= 4 is 64.2 Å². The van der Waals surface area contributed by atoms with Crippen molar-refractivity contribution in [3.63, 3.8) is 0 Å². The molecular weight excluding hydrogens is 874 g/mol. The lowest BCUT2D eigenvalue weighted by molar-refractivity contribution is -0.385. The van der Waals surface area contributed by atoms with E-state index in [9.17, 15) is 59.1 Å². The summed E-state index contributed by atoms with van der Waals surface area (Å²) in [5.41, 5.74) is -0.854. The number of ether oxygens (including phenoxy) is 3. The number of carbonyl (C=O) groups excluding carboxylic acids is 6. The lowest BCUT2D eigenvalue weighted by Crippen LogP contribution is -2.62. The molecule has 3 atom stereocenters. The summed E-state index contributed by atoms with van der Waals surface area (Å²) < 4.78 is 16.2. The van der Waals surface area contributed by atoms with Crippen LogP contribution in [0.1, 0.15) is 75.0 Å². The fraction of sp³-hybridized carbons (Fsp3) is 0.273. The van der Waals surface area contributed by atoms with Crippen molar-refractivity contribution in [2.24, 2.45) is 17.8 Å². The number of non-ortho nitro benzene ring substituents is 3. The highest BCUT2D eigenvalue weighted by atomic mass is 35.5. The van der Waals surface area contributed by atoms with Crippen LogP contribution < -0.4 is 9.47 Å². The van der Waals surface area contributed by atoms with Crippen molar-refractivity contribution in [3.8, 4) is 11.5 Å². The van der Waals surface area contributed by atoms with Crippen LogP contribution in [0.25, 0.3) is 0 Å². The van der Waals surface area contributed by atoms with E-state index in [0.29, 0.717) is 5.57 Å². The number of fused-ring (bicyclic) bond motifs is 1. The zero-order chi connectivity index (χ0) is 47.4. The molecule has 336 valence electrons. The van der Waals surface area contributed by atoms with Gasteiger partial charge in [0.05, 0.1) is 48.4 Å². The molecule has 2 aliphatic heterocycles. The number of nitrogens with zero attached hydrogens (tertiary/aromatic N) is 5. The first-order chi connectivity index (χ1) is 30.8. The highest BCUT2D eigenvalue weighted by Gasteiger charge is 2.59. The smallest absolute Gasteiger partial charge is 0.362 e. The Balaban J connectivity index is 1.18. The first-order valence-electron chi connectivity index (χ1n) is 19.8. The quantitative estimate of drug-likeness (QED) is 0.0193. The van der Waals surface area contributed by atoms with Gasteiger partial charge in [0.25, 0.3) is 17.1 Å². The van der Waals surface area contributed by atoms with Crippen molar-refractivity contribution in [2.45, 2.75) is 39.7 Å². The summed E-state index contributed by atoms with van der Waals surface area (Å²) in [6.45, 7) is 6.05. The van der Waals surface area contributed by atoms with Crippen LogP contribution in [0.3, 0.4) is 0 Å². The second-order valence-electron chi connectivity index (χ2n) is 15.5. The predicted molar refractivity (Wildman–Crippen MR) is 227 cm³/mol. The van der Waals surface area contributed by atoms with Gasteiger partial charge in [0.2, 0.25) is 5.91 Å². The molecule has 6 rings (SSSR count). The number of ketones is 1. The number of benzene rings is 4. The topological polar surface area (TPSA) is 266 Å². The number of hydrogen-bond acceptors (Lipinski definition) is 16. The van der Waals surface area contributed by atoms with Crippen LogP contribution in [0.2, 0.25) is 5.02 Å². The van der Waals surface area contributed by atoms with Gasteiger partial charge in [-0.15, -0.1) is 0 Å². The van der Waals surface area contributed by atoms with Crippen molar-refractivity contribution < 1.29 is 57.7 Å². The Morgan fingerprint density at radius 2 is 1.17 bits per heavy atom. The maximum absolute atomic E-state index is 13.7. The third-order valence-corrected chi connectivity index (χ3v) is 11.3. The third-order valence-electron chi connectivity index (χ3n) is 11.0. The highest BCUT2D eigenvalue weighted by Crippen LogP contribution is 2.49. The first-order valence-corrected chi connectivity index (χ1v) is 20.2. The number of likely N-dealkylation sites (N-methyl/N-ethyl adjacent to an activating group) is 1. The van der Waals surface area contributed by atoms with Gasteiger partial charge in [0, 0.05) is 66.9 Å². The van der Waals surface area contributed by atoms with Gasteiger partial charge in [-0.2, -0.15) is 0 Å². The molecule has 2 aliphatic rings. The number of β-lactam (4-membered cyclic amide) rings is 1. The van der Waals surface area contributed by atoms with Crippen LogP contribution in [-0.4, -0.2) is 86.3 Å². The molecule has 65 heavy (non-hydrogen) atoms. The number of hydrogen-bond donors (Lipinski definition) is 0. The maximum Gasteiger partial charge on any atom is 0.362 e. The van der Waals surface area contributed by atoms with Gasteiger partial charge in [-0.05, 0) is 74.0 Å². The normalized spacial score (nSPS) is 16.4. The lowest BCUT2D eigenvalue weighted by atomic mass is 9.74. The van der Waals surface area contributed by atoms with E-state index in [-0.39, 0.29) is 106 Å². The summed E-state index contributed by atoms with van der Waals surface area (Å²) in [7, 11) is 1.73. The first kappa shape index (κ1) is 46.8. The van der Waals surface area contributed by atoms with Crippen molar-refractivity contribution in [1.29, 1.82) is 0 Å². The summed E-state index contributed by atoms with van der Waals surface area (Å²) >= 11 is 6.54. The number of amides is 1. The monoisotopic (exact) mass is 911 g/mol. The minimum Gasteiger partial charge on any atom is -0.419 e. The number of halogens is 1. The number of carbonyl (C=O) groups is 6. The van der Waals surface area contributed by atoms with Crippen LogP contribution >= 0.6 is 11.6 Å². The Kier molecular flexibility index (Phi) is 13.9. The standard InChI is InChI=1S/C44H38ClN5O15/c1-23(2)37-38-24(3)32(39(47(38)40(37)52)44(56)65-43(55)27-11-17-30(18-12-27)50(61)62)22-46(4)19-5-6-34(51)31-20-35(63-41(53)25-7-13-28(14-8-25)48(57)58)36(21-33(31)45)64-42(54)26-9-15-29(16-10-26)49(59)60/h7-18,20-21,23-24,37-38H,5-6,19,22H2,1-4H3/t24-,37+,38+/m0/s1. The fourth-order valence-corrected chi connectivity index (χ4v) is 7.88. The second-order valence-corrected chi connectivity index (χ2v) is 15.9. The average molecular weight is 912 g/mol. The van der Waals surface area contributed by atoms with E-state index >= 15 is 0 Å². The van der Waals surface area contributed by atoms with Crippen LogP contribution in [0.15, 0.2) is 96.2 Å². The van der Waals surface area contributed by atoms with Gasteiger partial charge < -0.3 is 24.0 Å². The van der Waals surface area contributed by atoms with Crippen LogP contribution in [0.4, 0.5) is 17.1 Å². The van der Waals surface area contributed by atoms with E-state index in [2.05, 4.69) is 0 Å². The fourth-order valence-electron chi connectivity index (χ4n) is 7.62. The minimum atomic E-state index is -1.06. The van der Waals surface area contributed by atoms with E-state index in [0.717, 1.165) is 84.9 Å². The van der Waals surface area contributed by atoms with Crippen LogP contribution in [0, 0.1) is 48.1 Å². The number of nitro groups is 3. The van der Waals surface area contributed by atoms with Crippen LogP contribution in [0.5, 0.6) is 11.5 Å². The zero-order valence-corrected chi connectivity index (χ0v) is 35.7. The van der Waals surface area contributed by atoms with Crippen LogP contribution in [-0.2, 0) is 14.3 Å². The van der Waals surface area contributed by atoms with Gasteiger partial charge in [0.1, 0.15) is 5.70 Å². The molecule has 4 aromatic carbocycles. The Morgan fingerprint density at radius 1 is 0.723 bits per heavy atom. The molecule has 0 unspecified atom stereocenters. The lowest BCUT2D eigenvalue weighted by Gasteiger charge is -2.47. The van der Waals surface area contributed by atoms with Gasteiger partial charge in [-0.3, -0.25) is 39.9 Å². The molecule has 0 radical (unpaired) electrons. The third kappa shape index (κ3) is 10.1. The highest BCUT2D eigenvalue weighted by molar-refractivity contribution is 6.34. The Labute approximate surface area is 373 Å². The second kappa shape index (κ2) is 19.4. The number of esters is 4. The summed E-state index contributed by atoms with van der Waals surface area (Å²) in [5.74, 6) is -6.55. The van der Waals surface area contributed by atoms with Crippen molar-refractivity contribution in [2.75, 3.05) is 20.1 Å². The molecule has 0 spiro atoms. The van der Waals surface area contributed by atoms with Gasteiger partial charge in [-0.1, -0.05) is 32.4 Å². The Bertz CT molecular complexity index is 2670. The molecule has 0 bridgehead atoms. The van der Waals surface area contributed by atoms with E-state index < -0.39 is 55.9 Å². The SMILES string of the molecule is CC(C)[C@H]1C(=O)N2C(C(=O)OC(=O)c3ccc([N+](=O)[O-])cc3)=C(CN(C)CCCC(=O)c3cc(OC(=O)c4ccc([N+](=O)[O-])cc4)c(OC(=O)c4ccc([N+](=O)[O-])cc4)cc3Cl)[C@H](C)[C@H]12.